The Hall–Kier alpha value is -0.610. The summed E-state index contributed by atoms with van der Waals surface area (Å²) in [4.78, 5) is 14.1. The molecule has 0 amide bonds. The molecule has 2 unspecified atom stereocenters. The topological polar surface area (TPSA) is 49.8 Å². The third kappa shape index (κ3) is 3.48. The summed E-state index contributed by atoms with van der Waals surface area (Å²) in [5.74, 6) is 0.0706. The highest BCUT2D eigenvalue weighted by atomic mass is 16.5. The Morgan fingerprint density at radius 2 is 1.74 bits per heavy atom. The number of carbonyl (C=O) groups is 1. The molecule has 1 N–H and O–H groups in total. The average molecular weight is 269 g/mol. The lowest BCUT2D eigenvalue weighted by Crippen LogP contribution is -2.52. The SMILES string of the molecule is CC1CCC(CN2CC(C)OC(C)C2)(C(=O)O)CC1. The summed E-state index contributed by atoms with van der Waals surface area (Å²) in [5.41, 5.74) is -0.525. The smallest absolute Gasteiger partial charge is 0.310 e. The molecule has 4 heteroatoms. The number of rotatable bonds is 3. The predicted octanol–water partition coefficient (Wildman–Crippen LogP) is 2.38. The zero-order chi connectivity index (χ0) is 14.0. The van der Waals surface area contributed by atoms with Gasteiger partial charge < -0.3 is 9.84 Å². The molecule has 0 aromatic carbocycles. The Morgan fingerprint density at radius 3 is 2.21 bits per heavy atom. The van der Waals surface area contributed by atoms with Crippen LogP contribution in [-0.2, 0) is 9.53 Å². The van der Waals surface area contributed by atoms with Crippen molar-refractivity contribution in [2.45, 2.75) is 58.7 Å². The largest absolute Gasteiger partial charge is 0.481 e. The first-order valence-corrected chi connectivity index (χ1v) is 7.52. The number of ether oxygens (including phenoxy) is 1. The molecule has 2 rings (SSSR count). The van der Waals surface area contributed by atoms with Crippen LogP contribution in [0.25, 0.3) is 0 Å². The highest BCUT2D eigenvalue weighted by Crippen LogP contribution is 2.40. The first-order chi connectivity index (χ1) is 8.91. The van der Waals surface area contributed by atoms with Gasteiger partial charge in [0.2, 0.25) is 0 Å². The predicted molar refractivity (Wildman–Crippen MR) is 74.1 cm³/mol. The van der Waals surface area contributed by atoms with Crippen molar-refractivity contribution < 1.29 is 14.6 Å². The summed E-state index contributed by atoms with van der Waals surface area (Å²) in [7, 11) is 0. The maximum Gasteiger partial charge on any atom is 0.310 e. The molecule has 0 spiro atoms. The number of carboxylic acids is 1. The highest BCUT2D eigenvalue weighted by Gasteiger charge is 2.43. The number of morpholine rings is 1. The molecule has 0 aromatic heterocycles. The van der Waals surface area contributed by atoms with Gasteiger partial charge in [-0.15, -0.1) is 0 Å². The van der Waals surface area contributed by atoms with Gasteiger partial charge >= 0.3 is 5.97 Å². The maximum absolute atomic E-state index is 11.8. The molecule has 0 aromatic rings. The summed E-state index contributed by atoms with van der Waals surface area (Å²) < 4.78 is 5.73. The van der Waals surface area contributed by atoms with Crippen LogP contribution in [0.4, 0.5) is 0 Å². The fraction of sp³-hybridized carbons (Fsp3) is 0.933. The summed E-state index contributed by atoms with van der Waals surface area (Å²) in [6, 6.07) is 0. The van der Waals surface area contributed by atoms with Crippen LogP contribution in [0.5, 0.6) is 0 Å². The summed E-state index contributed by atoms with van der Waals surface area (Å²) in [6.07, 6.45) is 4.14. The molecule has 2 aliphatic rings. The molecular weight excluding hydrogens is 242 g/mol. The van der Waals surface area contributed by atoms with Gasteiger partial charge in [0.15, 0.2) is 0 Å². The minimum atomic E-state index is -0.605. The maximum atomic E-state index is 11.8. The Labute approximate surface area is 116 Å². The molecule has 110 valence electrons. The van der Waals surface area contributed by atoms with E-state index in [1.165, 1.54) is 0 Å². The molecule has 4 nitrogen and oxygen atoms in total. The van der Waals surface area contributed by atoms with Crippen molar-refractivity contribution in [3.8, 4) is 0 Å². The summed E-state index contributed by atoms with van der Waals surface area (Å²) >= 11 is 0. The standard InChI is InChI=1S/C15H27NO3/c1-11-4-6-15(7-5-11,14(17)18)10-16-8-12(2)19-13(3)9-16/h11-13H,4-10H2,1-3H3,(H,17,18). The van der Waals surface area contributed by atoms with Crippen LogP contribution >= 0.6 is 0 Å². The minimum Gasteiger partial charge on any atom is -0.481 e. The van der Waals surface area contributed by atoms with Crippen molar-refractivity contribution >= 4 is 5.97 Å². The van der Waals surface area contributed by atoms with E-state index >= 15 is 0 Å². The summed E-state index contributed by atoms with van der Waals surface area (Å²) in [5, 5.41) is 9.68. The lowest BCUT2D eigenvalue weighted by Gasteiger charge is -2.43. The molecule has 2 atom stereocenters. The van der Waals surface area contributed by atoms with Gasteiger partial charge in [-0.1, -0.05) is 6.92 Å². The van der Waals surface area contributed by atoms with Crippen molar-refractivity contribution in [3.63, 3.8) is 0 Å². The van der Waals surface area contributed by atoms with E-state index in [0.717, 1.165) is 38.8 Å². The third-order valence-corrected chi connectivity index (χ3v) is 4.71. The second-order valence-electron chi connectivity index (χ2n) is 6.72. The van der Waals surface area contributed by atoms with E-state index in [1.54, 1.807) is 0 Å². The highest BCUT2D eigenvalue weighted by molar-refractivity contribution is 5.75. The fourth-order valence-corrected chi connectivity index (χ4v) is 3.60. The zero-order valence-electron chi connectivity index (χ0n) is 12.4. The van der Waals surface area contributed by atoms with E-state index in [9.17, 15) is 9.90 Å². The fourth-order valence-electron chi connectivity index (χ4n) is 3.60. The number of hydrogen-bond acceptors (Lipinski definition) is 3. The van der Waals surface area contributed by atoms with E-state index in [4.69, 9.17) is 4.74 Å². The van der Waals surface area contributed by atoms with Gasteiger partial charge in [0.25, 0.3) is 0 Å². The van der Waals surface area contributed by atoms with Gasteiger partial charge in [-0.2, -0.15) is 0 Å². The van der Waals surface area contributed by atoms with Crippen LogP contribution in [-0.4, -0.2) is 47.8 Å². The van der Waals surface area contributed by atoms with Gasteiger partial charge in [-0.05, 0) is 45.4 Å². The second kappa shape index (κ2) is 5.80. The van der Waals surface area contributed by atoms with E-state index < -0.39 is 11.4 Å². The van der Waals surface area contributed by atoms with Crippen molar-refractivity contribution in [2.24, 2.45) is 11.3 Å². The second-order valence-corrected chi connectivity index (χ2v) is 6.72. The first kappa shape index (κ1) is 14.8. The molecule has 1 aliphatic heterocycles. The first-order valence-electron chi connectivity index (χ1n) is 7.52. The van der Waals surface area contributed by atoms with Gasteiger partial charge in [0.05, 0.1) is 17.6 Å². The normalized spacial score (nSPS) is 41.1. The van der Waals surface area contributed by atoms with Crippen molar-refractivity contribution in [1.29, 1.82) is 0 Å². The molecule has 0 radical (unpaired) electrons. The van der Waals surface area contributed by atoms with E-state index in [-0.39, 0.29) is 12.2 Å². The van der Waals surface area contributed by atoms with Gasteiger partial charge in [0, 0.05) is 19.6 Å². The Kier molecular flexibility index (Phi) is 4.51. The lowest BCUT2D eigenvalue weighted by molar-refractivity contribution is -0.155. The van der Waals surface area contributed by atoms with Crippen molar-refractivity contribution in [1.82, 2.24) is 4.90 Å². The van der Waals surface area contributed by atoms with Crippen LogP contribution in [0.3, 0.4) is 0 Å². The Balaban J connectivity index is 2.02. The van der Waals surface area contributed by atoms with Crippen LogP contribution in [0, 0.1) is 11.3 Å². The molecule has 1 heterocycles. The third-order valence-electron chi connectivity index (χ3n) is 4.71. The molecule has 1 saturated carbocycles. The number of nitrogens with zero attached hydrogens (tertiary/aromatic N) is 1. The van der Waals surface area contributed by atoms with Crippen molar-refractivity contribution in [2.75, 3.05) is 19.6 Å². The molecule has 0 bridgehead atoms. The van der Waals surface area contributed by atoms with Crippen LogP contribution in [0.2, 0.25) is 0 Å². The van der Waals surface area contributed by atoms with Gasteiger partial charge in [-0.3, -0.25) is 9.69 Å². The quantitative estimate of drug-likeness (QED) is 0.854. The van der Waals surface area contributed by atoms with Crippen LogP contribution in [0.15, 0.2) is 0 Å². The molecule has 1 saturated heterocycles. The van der Waals surface area contributed by atoms with E-state index in [1.807, 2.05) is 0 Å². The van der Waals surface area contributed by atoms with Crippen molar-refractivity contribution in [3.05, 3.63) is 0 Å². The molecule has 2 fully saturated rings. The average Bonchev–Trinajstić information content (AvgIpc) is 2.31. The van der Waals surface area contributed by atoms with Gasteiger partial charge in [0.1, 0.15) is 0 Å². The Bertz CT molecular complexity index is 313. The van der Waals surface area contributed by atoms with E-state index in [2.05, 4.69) is 25.7 Å². The molecule has 1 aliphatic carbocycles. The monoisotopic (exact) mass is 269 g/mol. The molecular formula is C15H27NO3. The van der Waals surface area contributed by atoms with Gasteiger partial charge in [-0.25, -0.2) is 0 Å². The lowest BCUT2D eigenvalue weighted by atomic mass is 9.70. The number of hydrogen-bond donors (Lipinski definition) is 1. The Morgan fingerprint density at radius 1 is 1.21 bits per heavy atom. The zero-order valence-corrected chi connectivity index (χ0v) is 12.4. The molecule has 19 heavy (non-hydrogen) atoms. The summed E-state index contributed by atoms with van der Waals surface area (Å²) in [6.45, 7) is 8.76. The van der Waals surface area contributed by atoms with E-state index in [0.29, 0.717) is 12.5 Å². The van der Waals surface area contributed by atoms with Crippen LogP contribution < -0.4 is 0 Å². The minimum absolute atomic E-state index is 0.206. The van der Waals surface area contributed by atoms with Crippen LogP contribution in [0.1, 0.15) is 46.5 Å². The number of aliphatic carboxylic acids is 1. The number of carboxylic acid groups (broad SMARTS) is 1.